The first-order valence-electron chi connectivity index (χ1n) is 5.78. The summed E-state index contributed by atoms with van der Waals surface area (Å²) in [6.45, 7) is 7.82. The van der Waals surface area contributed by atoms with Crippen LogP contribution in [0.3, 0.4) is 0 Å². The molecule has 0 amide bonds. The Hall–Kier alpha value is -1.58. The van der Waals surface area contributed by atoms with Crippen molar-refractivity contribution in [3.05, 3.63) is 17.8 Å². The first kappa shape index (κ1) is 12.9. The van der Waals surface area contributed by atoms with E-state index in [0.29, 0.717) is 16.8 Å². The summed E-state index contributed by atoms with van der Waals surface area (Å²) in [6.07, 6.45) is 1.54. The summed E-state index contributed by atoms with van der Waals surface area (Å²) in [5, 5.41) is 8.95. The third-order valence-electron chi connectivity index (χ3n) is 3.62. The lowest BCUT2D eigenvalue weighted by Crippen LogP contribution is -2.41. The SMILES string of the molecule is CC1(C)OB(c2nccc(C#N)c2N)OC1(C)C. The molecule has 0 saturated carbocycles. The maximum absolute atomic E-state index is 8.95. The lowest BCUT2D eigenvalue weighted by molar-refractivity contribution is 0.00578. The number of rotatable bonds is 1. The summed E-state index contributed by atoms with van der Waals surface area (Å²) in [5.74, 6) is 0. The molecule has 18 heavy (non-hydrogen) atoms. The first-order chi connectivity index (χ1) is 8.28. The van der Waals surface area contributed by atoms with Crippen molar-refractivity contribution in [2.45, 2.75) is 38.9 Å². The van der Waals surface area contributed by atoms with Crippen molar-refractivity contribution in [2.24, 2.45) is 0 Å². The van der Waals surface area contributed by atoms with Gasteiger partial charge in [0.25, 0.3) is 0 Å². The average molecular weight is 245 g/mol. The normalized spacial score (nSPS) is 20.7. The van der Waals surface area contributed by atoms with Crippen LogP contribution in [0.2, 0.25) is 0 Å². The molecule has 0 aliphatic carbocycles. The Morgan fingerprint density at radius 3 is 2.33 bits per heavy atom. The van der Waals surface area contributed by atoms with E-state index < -0.39 is 18.3 Å². The maximum Gasteiger partial charge on any atom is 0.516 e. The molecular weight excluding hydrogens is 229 g/mol. The van der Waals surface area contributed by atoms with Gasteiger partial charge in [0.05, 0.1) is 28.0 Å². The van der Waals surface area contributed by atoms with Crippen molar-refractivity contribution in [2.75, 3.05) is 5.73 Å². The second-order valence-electron chi connectivity index (χ2n) is 5.36. The van der Waals surface area contributed by atoms with Gasteiger partial charge in [0.2, 0.25) is 0 Å². The number of aromatic nitrogens is 1. The lowest BCUT2D eigenvalue weighted by Gasteiger charge is -2.32. The Balaban J connectivity index is 2.39. The Labute approximate surface area is 107 Å². The topological polar surface area (TPSA) is 81.2 Å². The average Bonchev–Trinajstić information content (AvgIpc) is 2.48. The van der Waals surface area contributed by atoms with Crippen molar-refractivity contribution in [3.63, 3.8) is 0 Å². The van der Waals surface area contributed by atoms with Gasteiger partial charge >= 0.3 is 7.12 Å². The predicted octanol–water partition coefficient (Wildman–Crippen LogP) is 0.835. The molecule has 0 spiro atoms. The minimum atomic E-state index is -0.636. The molecule has 2 N–H and O–H groups in total. The highest BCUT2D eigenvalue weighted by molar-refractivity contribution is 6.62. The zero-order chi connectivity index (χ0) is 13.6. The maximum atomic E-state index is 8.95. The van der Waals surface area contributed by atoms with Crippen LogP contribution in [0.25, 0.3) is 0 Å². The third kappa shape index (κ3) is 1.86. The molecule has 5 nitrogen and oxygen atoms in total. The van der Waals surface area contributed by atoms with E-state index in [9.17, 15) is 0 Å². The fourth-order valence-electron chi connectivity index (χ4n) is 1.73. The van der Waals surface area contributed by atoms with E-state index in [1.807, 2.05) is 33.8 Å². The molecule has 6 heteroatoms. The molecule has 1 aliphatic rings. The predicted molar refractivity (Wildman–Crippen MR) is 69.1 cm³/mol. The monoisotopic (exact) mass is 245 g/mol. The van der Waals surface area contributed by atoms with Crippen molar-refractivity contribution >= 4 is 18.4 Å². The van der Waals surface area contributed by atoms with E-state index in [2.05, 4.69) is 4.98 Å². The van der Waals surface area contributed by atoms with Gasteiger partial charge in [-0.05, 0) is 33.8 Å². The second-order valence-corrected chi connectivity index (χ2v) is 5.36. The largest absolute Gasteiger partial charge is 0.516 e. The number of hydrogen-bond acceptors (Lipinski definition) is 5. The van der Waals surface area contributed by atoms with Crippen molar-refractivity contribution < 1.29 is 9.31 Å². The zero-order valence-corrected chi connectivity index (χ0v) is 11.0. The highest BCUT2D eigenvalue weighted by Crippen LogP contribution is 2.36. The molecule has 0 bridgehead atoms. The van der Waals surface area contributed by atoms with Gasteiger partial charge in [-0.3, -0.25) is 4.98 Å². The quantitative estimate of drug-likeness (QED) is 0.741. The molecule has 0 radical (unpaired) electrons. The highest BCUT2D eigenvalue weighted by Gasteiger charge is 2.53. The van der Waals surface area contributed by atoms with Crippen LogP contribution in [-0.2, 0) is 9.31 Å². The molecule has 0 aromatic carbocycles. The van der Waals surface area contributed by atoms with E-state index in [1.54, 1.807) is 6.07 Å². The van der Waals surface area contributed by atoms with E-state index in [0.717, 1.165) is 0 Å². The van der Waals surface area contributed by atoms with Gasteiger partial charge in [-0.2, -0.15) is 5.26 Å². The molecule has 2 heterocycles. The molecular formula is C12H16BN3O2. The summed E-state index contributed by atoms with van der Waals surface area (Å²) < 4.78 is 11.7. The summed E-state index contributed by atoms with van der Waals surface area (Å²) in [7, 11) is -0.636. The Morgan fingerprint density at radius 1 is 1.28 bits per heavy atom. The van der Waals surface area contributed by atoms with Crippen LogP contribution in [0.5, 0.6) is 0 Å². The van der Waals surface area contributed by atoms with Gasteiger partial charge in [0, 0.05) is 6.20 Å². The number of anilines is 1. The Bertz CT molecular complexity index is 507. The number of nitrogens with two attached hydrogens (primary N) is 1. The lowest BCUT2D eigenvalue weighted by atomic mass is 9.82. The Morgan fingerprint density at radius 2 is 1.83 bits per heavy atom. The summed E-state index contributed by atoms with van der Waals surface area (Å²) >= 11 is 0. The van der Waals surface area contributed by atoms with Crippen LogP contribution in [-0.4, -0.2) is 23.3 Å². The standard InChI is InChI=1S/C12H16BN3O2/c1-11(2)12(3,4)18-13(17-11)10-9(15)8(7-14)5-6-16-10/h5-6H,15H2,1-4H3. The summed E-state index contributed by atoms with van der Waals surface area (Å²) in [6, 6.07) is 3.60. The van der Waals surface area contributed by atoms with Crippen molar-refractivity contribution in [1.29, 1.82) is 5.26 Å². The van der Waals surface area contributed by atoms with Crippen LogP contribution in [0.4, 0.5) is 5.69 Å². The molecule has 1 fully saturated rings. The van der Waals surface area contributed by atoms with Gasteiger partial charge in [0.15, 0.2) is 0 Å². The fourth-order valence-corrected chi connectivity index (χ4v) is 1.73. The van der Waals surface area contributed by atoms with Gasteiger partial charge in [0.1, 0.15) is 6.07 Å². The smallest absolute Gasteiger partial charge is 0.398 e. The van der Waals surface area contributed by atoms with Gasteiger partial charge < -0.3 is 15.0 Å². The molecule has 2 rings (SSSR count). The number of nitrogens with zero attached hydrogens (tertiary/aromatic N) is 2. The molecule has 1 aromatic heterocycles. The minimum Gasteiger partial charge on any atom is -0.398 e. The van der Waals surface area contributed by atoms with Crippen LogP contribution < -0.4 is 11.3 Å². The number of nitriles is 1. The fraction of sp³-hybridized carbons (Fsp3) is 0.500. The van der Waals surface area contributed by atoms with Crippen LogP contribution in [0, 0.1) is 11.3 Å². The van der Waals surface area contributed by atoms with Crippen molar-refractivity contribution in [1.82, 2.24) is 4.98 Å². The van der Waals surface area contributed by atoms with E-state index in [4.69, 9.17) is 20.3 Å². The molecule has 1 aliphatic heterocycles. The minimum absolute atomic E-state index is 0.318. The molecule has 0 atom stereocenters. The van der Waals surface area contributed by atoms with E-state index in [-0.39, 0.29) is 0 Å². The second kappa shape index (κ2) is 3.97. The molecule has 94 valence electrons. The van der Waals surface area contributed by atoms with Crippen molar-refractivity contribution in [3.8, 4) is 6.07 Å². The molecule has 1 aromatic rings. The van der Waals surface area contributed by atoms with Crippen LogP contribution >= 0.6 is 0 Å². The van der Waals surface area contributed by atoms with Crippen LogP contribution in [0.1, 0.15) is 33.3 Å². The molecule has 1 saturated heterocycles. The first-order valence-corrected chi connectivity index (χ1v) is 5.78. The van der Waals surface area contributed by atoms with Gasteiger partial charge in [-0.25, -0.2) is 0 Å². The van der Waals surface area contributed by atoms with E-state index >= 15 is 0 Å². The van der Waals surface area contributed by atoms with Crippen LogP contribution in [0.15, 0.2) is 12.3 Å². The Kier molecular flexibility index (Phi) is 2.84. The zero-order valence-electron chi connectivity index (χ0n) is 11.0. The number of nitrogen functional groups attached to an aromatic ring is 1. The third-order valence-corrected chi connectivity index (χ3v) is 3.62. The van der Waals surface area contributed by atoms with Gasteiger partial charge in [-0.1, -0.05) is 0 Å². The summed E-state index contributed by atoms with van der Waals surface area (Å²) in [4.78, 5) is 4.17. The number of hydrogen-bond donors (Lipinski definition) is 1. The van der Waals surface area contributed by atoms with Gasteiger partial charge in [-0.15, -0.1) is 0 Å². The summed E-state index contributed by atoms with van der Waals surface area (Å²) in [5.41, 5.74) is 6.17. The van der Waals surface area contributed by atoms with E-state index in [1.165, 1.54) is 6.20 Å². The highest BCUT2D eigenvalue weighted by atomic mass is 16.7. The number of pyridine rings is 1. The molecule has 0 unspecified atom stereocenters.